The predicted octanol–water partition coefficient (Wildman–Crippen LogP) is 1.95. The molecule has 140 valence electrons. The summed E-state index contributed by atoms with van der Waals surface area (Å²) in [6, 6.07) is 12.1. The van der Waals surface area contributed by atoms with Gasteiger partial charge in [0.2, 0.25) is 0 Å². The van der Waals surface area contributed by atoms with E-state index in [9.17, 15) is 0 Å². The van der Waals surface area contributed by atoms with Crippen molar-refractivity contribution < 1.29 is 4.74 Å². The van der Waals surface area contributed by atoms with Crippen LogP contribution in [0.15, 0.2) is 42.7 Å². The molecule has 4 heterocycles. The number of hydrogen-bond acceptors (Lipinski definition) is 6. The largest absolute Gasteiger partial charge is 0.381 e. The first-order chi connectivity index (χ1) is 13.4. The lowest BCUT2D eigenvalue weighted by Gasteiger charge is -2.36. The summed E-state index contributed by atoms with van der Waals surface area (Å²) in [7, 11) is 0. The van der Waals surface area contributed by atoms with E-state index < -0.39 is 0 Å². The van der Waals surface area contributed by atoms with E-state index in [1.165, 1.54) is 6.42 Å². The Morgan fingerprint density at radius 3 is 2.67 bits per heavy atom. The van der Waals surface area contributed by atoms with E-state index in [2.05, 4.69) is 25.0 Å². The zero-order valence-electron chi connectivity index (χ0n) is 15.4. The van der Waals surface area contributed by atoms with Crippen molar-refractivity contribution in [3.8, 4) is 11.4 Å². The SMILES string of the molecule is c1ccc(-c2nnc3cc(N4CCN(CC5CCOC5)CC4)ncn23)cc1. The molecule has 2 aromatic heterocycles. The Bertz CT molecular complexity index is 897. The average molecular weight is 364 g/mol. The second kappa shape index (κ2) is 7.25. The Balaban J connectivity index is 1.29. The minimum atomic E-state index is 0.707. The van der Waals surface area contributed by atoms with Gasteiger partial charge in [0.25, 0.3) is 0 Å². The second-order valence-corrected chi connectivity index (χ2v) is 7.38. The minimum Gasteiger partial charge on any atom is -0.381 e. The number of fused-ring (bicyclic) bond motifs is 1. The third kappa shape index (κ3) is 3.40. The molecule has 1 unspecified atom stereocenters. The summed E-state index contributed by atoms with van der Waals surface area (Å²) in [5.41, 5.74) is 1.88. The first kappa shape index (κ1) is 16.6. The van der Waals surface area contributed by atoms with Gasteiger partial charge >= 0.3 is 0 Å². The van der Waals surface area contributed by atoms with Crippen LogP contribution in [-0.4, -0.2) is 70.4 Å². The van der Waals surface area contributed by atoms with Crippen LogP contribution in [0.2, 0.25) is 0 Å². The van der Waals surface area contributed by atoms with E-state index in [1.807, 2.05) is 47.1 Å². The highest BCUT2D eigenvalue weighted by atomic mass is 16.5. The van der Waals surface area contributed by atoms with Crippen molar-refractivity contribution in [3.05, 3.63) is 42.7 Å². The zero-order valence-corrected chi connectivity index (χ0v) is 15.4. The van der Waals surface area contributed by atoms with Crippen LogP contribution in [-0.2, 0) is 4.74 Å². The zero-order chi connectivity index (χ0) is 18.1. The Hall–Kier alpha value is -2.51. The van der Waals surface area contributed by atoms with Crippen molar-refractivity contribution >= 4 is 11.5 Å². The van der Waals surface area contributed by atoms with Crippen LogP contribution in [0.4, 0.5) is 5.82 Å². The average Bonchev–Trinajstić information content (AvgIpc) is 3.38. The Labute approximate surface area is 158 Å². The number of benzene rings is 1. The normalized spacial score (nSPS) is 21.2. The Kier molecular flexibility index (Phi) is 4.47. The Morgan fingerprint density at radius 1 is 1.04 bits per heavy atom. The number of piperazine rings is 1. The molecule has 5 rings (SSSR count). The summed E-state index contributed by atoms with van der Waals surface area (Å²) in [5.74, 6) is 2.52. The third-order valence-electron chi connectivity index (χ3n) is 5.55. The van der Waals surface area contributed by atoms with Gasteiger partial charge in [0.05, 0.1) is 6.61 Å². The summed E-state index contributed by atoms with van der Waals surface area (Å²) in [5, 5.41) is 8.71. The van der Waals surface area contributed by atoms with Crippen molar-refractivity contribution in [2.24, 2.45) is 5.92 Å². The van der Waals surface area contributed by atoms with Gasteiger partial charge in [0.15, 0.2) is 11.5 Å². The van der Waals surface area contributed by atoms with Crippen molar-refractivity contribution in [1.82, 2.24) is 24.5 Å². The molecule has 2 aliphatic heterocycles. The highest BCUT2D eigenvalue weighted by Crippen LogP contribution is 2.21. The first-order valence-corrected chi connectivity index (χ1v) is 9.68. The van der Waals surface area contributed by atoms with Gasteiger partial charge in [-0.1, -0.05) is 30.3 Å². The molecule has 0 radical (unpaired) electrons. The molecule has 0 saturated carbocycles. The van der Waals surface area contributed by atoms with Gasteiger partial charge in [-0.3, -0.25) is 9.30 Å². The topological polar surface area (TPSA) is 58.8 Å². The van der Waals surface area contributed by atoms with Crippen molar-refractivity contribution in [2.45, 2.75) is 6.42 Å². The maximum Gasteiger partial charge on any atom is 0.169 e. The molecular formula is C20H24N6O. The lowest BCUT2D eigenvalue weighted by atomic mass is 10.1. The van der Waals surface area contributed by atoms with E-state index >= 15 is 0 Å². The molecular weight excluding hydrogens is 340 g/mol. The summed E-state index contributed by atoms with van der Waals surface area (Å²) in [4.78, 5) is 9.59. The number of rotatable bonds is 4. The number of ether oxygens (including phenoxy) is 1. The quantitative estimate of drug-likeness (QED) is 0.705. The van der Waals surface area contributed by atoms with Gasteiger partial charge in [0, 0.05) is 51.0 Å². The smallest absolute Gasteiger partial charge is 0.169 e. The first-order valence-electron chi connectivity index (χ1n) is 9.68. The van der Waals surface area contributed by atoms with E-state index in [4.69, 9.17) is 4.74 Å². The molecule has 0 amide bonds. The molecule has 7 nitrogen and oxygen atoms in total. The maximum absolute atomic E-state index is 5.50. The van der Waals surface area contributed by atoms with Crippen LogP contribution in [0, 0.1) is 5.92 Å². The fraction of sp³-hybridized carbons (Fsp3) is 0.450. The lowest BCUT2D eigenvalue weighted by Crippen LogP contribution is -2.48. The van der Waals surface area contributed by atoms with Crippen LogP contribution >= 0.6 is 0 Å². The van der Waals surface area contributed by atoms with Crippen LogP contribution < -0.4 is 4.90 Å². The van der Waals surface area contributed by atoms with Crippen molar-refractivity contribution in [1.29, 1.82) is 0 Å². The van der Waals surface area contributed by atoms with Crippen LogP contribution in [0.3, 0.4) is 0 Å². The van der Waals surface area contributed by atoms with E-state index in [1.54, 1.807) is 0 Å². The number of aromatic nitrogens is 4. The second-order valence-electron chi connectivity index (χ2n) is 7.38. The fourth-order valence-corrected chi connectivity index (χ4v) is 3.99. The molecule has 7 heteroatoms. The van der Waals surface area contributed by atoms with Crippen molar-refractivity contribution in [3.63, 3.8) is 0 Å². The third-order valence-corrected chi connectivity index (χ3v) is 5.55. The number of anilines is 1. The fourth-order valence-electron chi connectivity index (χ4n) is 3.99. The van der Waals surface area contributed by atoms with E-state index in [0.29, 0.717) is 5.92 Å². The van der Waals surface area contributed by atoms with Crippen molar-refractivity contribution in [2.75, 3.05) is 50.8 Å². The predicted molar refractivity (Wildman–Crippen MR) is 104 cm³/mol. The molecule has 2 aliphatic rings. The monoisotopic (exact) mass is 364 g/mol. The molecule has 27 heavy (non-hydrogen) atoms. The molecule has 2 saturated heterocycles. The molecule has 0 aliphatic carbocycles. The summed E-state index contributed by atoms with van der Waals surface area (Å²) < 4.78 is 7.46. The molecule has 0 N–H and O–H groups in total. The van der Waals surface area contributed by atoms with E-state index in [0.717, 1.165) is 68.8 Å². The molecule has 0 bridgehead atoms. The lowest BCUT2D eigenvalue weighted by molar-refractivity contribution is 0.164. The summed E-state index contributed by atoms with van der Waals surface area (Å²) in [6.07, 6.45) is 3.05. The minimum absolute atomic E-state index is 0.707. The number of hydrogen-bond donors (Lipinski definition) is 0. The van der Waals surface area contributed by atoms with Crippen LogP contribution in [0.25, 0.3) is 17.0 Å². The van der Waals surface area contributed by atoms with E-state index in [-0.39, 0.29) is 0 Å². The molecule has 1 atom stereocenters. The van der Waals surface area contributed by atoms with Gasteiger partial charge < -0.3 is 9.64 Å². The maximum atomic E-state index is 5.50. The standard InChI is InChI=1S/C20H24N6O/c1-2-4-17(5-3-1)20-23-22-19-12-18(21-15-26(19)20)25-9-7-24(8-10-25)13-16-6-11-27-14-16/h1-5,12,15-16H,6-11,13-14H2. The van der Waals surface area contributed by atoms with Gasteiger partial charge in [-0.25, -0.2) is 4.98 Å². The highest BCUT2D eigenvalue weighted by Gasteiger charge is 2.23. The molecule has 0 spiro atoms. The van der Waals surface area contributed by atoms with Gasteiger partial charge in [0.1, 0.15) is 12.1 Å². The van der Waals surface area contributed by atoms with Gasteiger partial charge in [-0.2, -0.15) is 0 Å². The van der Waals surface area contributed by atoms with Gasteiger partial charge in [-0.15, -0.1) is 10.2 Å². The summed E-state index contributed by atoms with van der Waals surface area (Å²) in [6.45, 7) is 7.15. The highest BCUT2D eigenvalue weighted by molar-refractivity contribution is 5.61. The number of nitrogens with zero attached hydrogens (tertiary/aromatic N) is 6. The molecule has 3 aromatic rings. The van der Waals surface area contributed by atoms with Crippen LogP contribution in [0.1, 0.15) is 6.42 Å². The molecule has 2 fully saturated rings. The molecule has 1 aromatic carbocycles. The van der Waals surface area contributed by atoms with Crippen LogP contribution in [0.5, 0.6) is 0 Å². The Morgan fingerprint density at radius 2 is 1.89 bits per heavy atom. The summed E-state index contributed by atoms with van der Waals surface area (Å²) >= 11 is 0. The van der Waals surface area contributed by atoms with Gasteiger partial charge in [-0.05, 0) is 12.3 Å².